The Hall–Kier alpha value is -3.03. The average Bonchev–Trinajstić information content (AvgIpc) is 3.11. The summed E-state index contributed by atoms with van der Waals surface area (Å²) in [7, 11) is 0. The molecule has 1 aromatic heterocycles. The first-order chi connectivity index (χ1) is 12.9. The minimum Gasteiger partial charge on any atom is -0.480 e. The van der Waals surface area contributed by atoms with E-state index in [4.69, 9.17) is 9.47 Å². The van der Waals surface area contributed by atoms with Crippen LogP contribution < -0.4 is 20.2 Å². The Balaban J connectivity index is 2.07. The van der Waals surface area contributed by atoms with Crippen molar-refractivity contribution < 1.29 is 24.2 Å². The number of benzene rings is 1. The van der Waals surface area contributed by atoms with Crippen LogP contribution in [-0.4, -0.2) is 34.4 Å². The first-order valence-electron chi connectivity index (χ1n) is 8.87. The van der Waals surface area contributed by atoms with Gasteiger partial charge in [-0.3, -0.25) is 9.59 Å². The third-order valence-electron chi connectivity index (χ3n) is 4.93. The van der Waals surface area contributed by atoms with E-state index in [-0.39, 0.29) is 18.3 Å². The van der Waals surface area contributed by atoms with Crippen LogP contribution in [0.4, 0.5) is 0 Å². The standard InChI is InChI=1S/C19H22N2O6/c1-4-10(3)16(19(24)25)20-18(23)12-8-21(5-2)13-7-15-14(26-9-27-15)6-11(13)17(12)22/h6-8,10,16H,4-5,9H2,1-3H3,(H,20,23)(H,24,25)/t10-,16-/m0/s1. The number of carboxylic acid groups (broad SMARTS) is 1. The summed E-state index contributed by atoms with van der Waals surface area (Å²) in [4.78, 5) is 37.1. The van der Waals surface area contributed by atoms with Crippen LogP contribution in [0.2, 0.25) is 0 Å². The molecule has 0 aliphatic carbocycles. The number of aliphatic carboxylic acids is 1. The quantitative estimate of drug-likeness (QED) is 0.801. The van der Waals surface area contributed by atoms with E-state index < -0.39 is 23.3 Å². The first-order valence-corrected chi connectivity index (χ1v) is 8.87. The normalized spacial score (nSPS) is 14.8. The van der Waals surface area contributed by atoms with Crippen molar-refractivity contribution in [3.05, 3.63) is 34.1 Å². The maximum Gasteiger partial charge on any atom is 0.326 e. The number of aryl methyl sites for hydroxylation is 1. The van der Waals surface area contributed by atoms with Gasteiger partial charge in [-0.15, -0.1) is 0 Å². The summed E-state index contributed by atoms with van der Waals surface area (Å²) >= 11 is 0. The molecule has 1 aliphatic rings. The highest BCUT2D eigenvalue weighted by atomic mass is 16.7. The molecule has 0 saturated carbocycles. The van der Waals surface area contributed by atoms with Gasteiger partial charge in [-0.05, 0) is 18.9 Å². The molecule has 0 radical (unpaired) electrons. The molecule has 0 bridgehead atoms. The number of nitrogens with zero attached hydrogens (tertiary/aromatic N) is 1. The van der Waals surface area contributed by atoms with E-state index in [1.165, 1.54) is 6.20 Å². The molecule has 3 rings (SSSR count). The van der Waals surface area contributed by atoms with Gasteiger partial charge in [-0.2, -0.15) is 0 Å². The van der Waals surface area contributed by atoms with Crippen molar-refractivity contribution in [3.8, 4) is 11.5 Å². The maximum atomic E-state index is 12.9. The van der Waals surface area contributed by atoms with E-state index in [9.17, 15) is 19.5 Å². The molecule has 2 N–H and O–H groups in total. The van der Waals surface area contributed by atoms with Crippen LogP contribution in [0.25, 0.3) is 10.9 Å². The highest BCUT2D eigenvalue weighted by molar-refractivity contribution is 5.99. The van der Waals surface area contributed by atoms with Crippen molar-refractivity contribution in [2.24, 2.45) is 5.92 Å². The van der Waals surface area contributed by atoms with Crippen molar-refractivity contribution in [1.29, 1.82) is 0 Å². The number of carboxylic acids is 1. The van der Waals surface area contributed by atoms with Crippen LogP contribution in [0.1, 0.15) is 37.6 Å². The van der Waals surface area contributed by atoms with Gasteiger partial charge in [0.25, 0.3) is 5.91 Å². The summed E-state index contributed by atoms with van der Waals surface area (Å²) in [5.74, 6) is -1.10. The zero-order valence-corrected chi connectivity index (χ0v) is 15.4. The van der Waals surface area contributed by atoms with Crippen molar-refractivity contribution in [1.82, 2.24) is 9.88 Å². The zero-order chi connectivity index (χ0) is 19.7. The van der Waals surface area contributed by atoms with Gasteiger partial charge in [0, 0.05) is 18.8 Å². The van der Waals surface area contributed by atoms with E-state index in [1.54, 1.807) is 23.6 Å². The van der Waals surface area contributed by atoms with E-state index in [0.717, 1.165) is 0 Å². The highest BCUT2D eigenvalue weighted by Crippen LogP contribution is 2.35. The predicted octanol–water partition coefficient (Wildman–Crippen LogP) is 1.98. The van der Waals surface area contributed by atoms with E-state index in [2.05, 4.69) is 5.32 Å². The van der Waals surface area contributed by atoms with Crippen molar-refractivity contribution in [3.63, 3.8) is 0 Å². The molecule has 144 valence electrons. The Kier molecular flexibility index (Phi) is 5.07. The lowest BCUT2D eigenvalue weighted by molar-refractivity contribution is -0.140. The second-order valence-electron chi connectivity index (χ2n) is 6.56. The number of hydrogen-bond acceptors (Lipinski definition) is 5. The van der Waals surface area contributed by atoms with Crippen LogP contribution in [0.5, 0.6) is 11.5 Å². The fourth-order valence-corrected chi connectivity index (χ4v) is 3.11. The number of carbonyl (C=O) groups is 2. The van der Waals surface area contributed by atoms with Crippen LogP contribution in [0.15, 0.2) is 23.1 Å². The first kappa shape index (κ1) is 18.8. The van der Waals surface area contributed by atoms with Crippen LogP contribution >= 0.6 is 0 Å². The predicted molar refractivity (Wildman–Crippen MR) is 98.4 cm³/mol. The Morgan fingerprint density at radius 3 is 2.52 bits per heavy atom. The number of nitrogens with one attached hydrogen (secondary N) is 1. The summed E-state index contributed by atoms with van der Waals surface area (Å²) in [6.45, 7) is 6.06. The molecule has 8 heteroatoms. The molecule has 1 aromatic carbocycles. The number of hydrogen-bond donors (Lipinski definition) is 2. The SMILES string of the molecule is CC[C@H](C)[C@H](NC(=O)c1cn(CC)c2cc3c(cc2c1=O)OCO3)C(=O)O. The number of rotatable bonds is 6. The van der Waals surface area contributed by atoms with Crippen LogP contribution in [0.3, 0.4) is 0 Å². The maximum absolute atomic E-state index is 12.9. The summed E-state index contributed by atoms with van der Waals surface area (Å²) in [5, 5.41) is 12.2. The summed E-state index contributed by atoms with van der Waals surface area (Å²) in [6.07, 6.45) is 2.04. The van der Waals surface area contributed by atoms with E-state index in [0.29, 0.717) is 35.4 Å². The van der Waals surface area contributed by atoms with Gasteiger partial charge >= 0.3 is 5.97 Å². The number of aromatic nitrogens is 1. The summed E-state index contributed by atoms with van der Waals surface area (Å²) in [5.41, 5.74) is 0.0524. The molecule has 1 amide bonds. The van der Waals surface area contributed by atoms with E-state index in [1.807, 2.05) is 13.8 Å². The monoisotopic (exact) mass is 374 g/mol. The van der Waals surface area contributed by atoms with E-state index >= 15 is 0 Å². The molecule has 0 spiro atoms. The Bertz CT molecular complexity index is 965. The van der Waals surface area contributed by atoms with Gasteiger partial charge < -0.3 is 24.5 Å². The highest BCUT2D eigenvalue weighted by Gasteiger charge is 2.27. The zero-order valence-electron chi connectivity index (χ0n) is 15.4. The molecule has 0 unspecified atom stereocenters. The topological polar surface area (TPSA) is 107 Å². The Labute approximate surface area is 155 Å². The molecule has 8 nitrogen and oxygen atoms in total. The number of ether oxygens (including phenoxy) is 2. The summed E-state index contributed by atoms with van der Waals surface area (Å²) in [6, 6.07) is 2.21. The summed E-state index contributed by atoms with van der Waals surface area (Å²) < 4.78 is 12.4. The molecule has 2 aromatic rings. The number of amides is 1. The van der Waals surface area contributed by atoms with Gasteiger partial charge in [0.05, 0.1) is 10.9 Å². The molecule has 0 fully saturated rings. The smallest absolute Gasteiger partial charge is 0.326 e. The Morgan fingerprint density at radius 2 is 1.93 bits per heavy atom. The number of fused-ring (bicyclic) bond motifs is 2. The lowest BCUT2D eigenvalue weighted by Crippen LogP contribution is -2.46. The molecule has 0 saturated heterocycles. The van der Waals surface area contributed by atoms with Gasteiger partial charge in [0.15, 0.2) is 11.5 Å². The van der Waals surface area contributed by atoms with Gasteiger partial charge in [0.1, 0.15) is 11.6 Å². The molecular formula is C19H22N2O6. The Morgan fingerprint density at radius 1 is 1.26 bits per heavy atom. The lowest BCUT2D eigenvalue weighted by Gasteiger charge is -2.20. The van der Waals surface area contributed by atoms with Gasteiger partial charge in [0.2, 0.25) is 12.2 Å². The number of pyridine rings is 1. The van der Waals surface area contributed by atoms with Crippen molar-refractivity contribution in [2.75, 3.05) is 6.79 Å². The average molecular weight is 374 g/mol. The minimum absolute atomic E-state index is 0.0779. The fourth-order valence-electron chi connectivity index (χ4n) is 3.11. The van der Waals surface area contributed by atoms with Crippen LogP contribution in [-0.2, 0) is 11.3 Å². The van der Waals surface area contributed by atoms with Crippen molar-refractivity contribution >= 4 is 22.8 Å². The van der Waals surface area contributed by atoms with Gasteiger partial charge in [-0.25, -0.2) is 4.79 Å². The third-order valence-corrected chi connectivity index (χ3v) is 4.93. The molecule has 2 heterocycles. The number of carbonyl (C=O) groups excluding carboxylic acids is 1. The molecule has 27 heavy (non-hydrogen) atoms. The largest absolute Gasteiger partial charge is 0.480 e. The second-order valence-corrected chi connectivity index (χ2v) is 6.56. The van der Waals surface area contributed by atoms with Gasteiger partial charge in [-0.1, -0.05) is 20.3 Å². The molecule has 1 aliphatic heterocycles. The molecular weight excluding hydrogens is 352 g/mol. The van der Waals surface area contributed by atoms with Crippen molar-refractivity contribution in [2.45, 2.75) is 39.8 Å². The third kappa shape index (κ3) is 3.34. The van der Waals surface area contributed by atoms with Crippen LogP contribution in [0, 0.1) is 5.92 Å². The molecule has 2 atom stereocenters. The second kappa shape index (κ2) is 7.30. The lowest BCUT2D eigenvalue weighted by atomic mass is 9.99. The minimum atomic E-state index is -1.13. The fraction of sp³-hybridized carbons (Fsp3) is 0.421.